The Morgan fingerprint density at radius 2 is 1.68 bits per heavy atom. The molecular formula is C24H29F3N2O5. The van der Waals surface area contributed by atoms with Gasteiger partial charge in [-0.15, -0.1) is 13.2 Å². The lowest BCUT2D eigenvalue weighted by molar-refractivity contribution is -0.274. The Bertz CT molecular complexity index is 948. The number of hydrogen-bond acceptors (Lipinski definition) is 4. The molecule has 0 bridgehead atoms. The molecule has 34 heavy (non-hydrogen) atoms. The van der Waals surface area contributed by atoms with E-state index in [4.69, 9.17) is 9.84 Å². The Labute approximate surface area is 196 Å². The molecule has 2 aromatic rings. The highest BCUT2D eigenvalue weighted by molar-refractivity contribution is 5.91. The predicted octanol–water partition coefficient (Wildman–Crippen LogP) is 5.73. The number of carbonyl (C=O) groups excluding carboxylic acids is 1. The van der Waals surface area contributed by atoms with Gasteiger partial charge in [0, 0.05) is 6.54 Å². The van der Waals surface area contributed by atoms with Crippen molar-refractivity contribution in [2.24, 2.45) is 5.92 Å². The summed E-state index contributed by atoms with van der Waals surface area (Å²) in [5, 5.41) is 11.6. The van der Waals surface area contributed by atoms with Crippen molar-refractivity contribution in [2.45, 2.75) is 39.5 Å². The van der Waals surface area contributed by atoms with Gasteiger partial charge in [-0.2, -0.15) is 0 Å². The van der Waals surface area contributed by atoms with Gasteiger partial charge in [0.15, 0.2) is 5.75 Å². The van der Waals surface area contributed by atoms with Crippen LogP contribution in [-0.4, -0.2) is 48.1 Å². The highest BCUT2D eigenvalue weighted by atomic mass is 19.4. The molecule has 0 saturated carbocycles. The zero-order valence-corrected chi connectivity index (χ0v) is 19.3. The molecular weight excluding hydrogens is 453 g/mol. The van der Waals surface area contributed by atoms with E-state index >= 15 is 0 Å². The number of hydrogen-bond donors (Lipinski definition) is 2. The number of rotatable bonds is 11. The van der Waals surface area contributed by atoms with Gasteiger partial charge < -0.3 is 24.8 Å². The smallest absolute Gasteiger partial charge is 0.492 e. The van der Waals surface area contributed by atoms with Gasteiger partial charge in [-0.05, 0) is 49.1 Å². The molecule has 2 N–H and O–H groups in total. The fraction of sp³-hybridized carbons (Fsp3) is 0.417. The molecule has 0 aliphatic heterocycles. The molecule has 0 aliphatic carbocycles. The number of carboxylic acid groups (broad SMARTS) is 1. The van der Waals surface area contributed by atoms with E-state index in [0.717, 1.165) is 6.07 Å². The largest absolute Gasteiger partial charge is 0.573 e. The standard InChI is InChI=1S/C24H29F3N2O5/c1-16(2)12-13-29(14-15-33-19-10-8-18(9-11-19)17(3)22(30)31)23(32)28-20-6-4-5-7-21(20)34-24(25,26)27/h4-11,16-17H,12-15H2,1-3H3,(H,28,32)(H,30,31). The van der Waals surface area contributed by atoms with Crippen LogP contribution in [0.2, 0.25) is 0 Å². The molecule has 2 aromatic carbocycles. The van der Waals surface area contributed by atoms with Gasteiger partial charge in [0.25, 0.3) is 0 Å². The first-order valence-corrected chi connectivity index (χ1v) is 10.8. The molecule has 10 heteroatoms. The SMILES string of the molecule is CC(C)CCN(CCOc1ccc(C(C)C(=O)O)cc1)C(=O)Nc1ccccc1OC(F)(F)F. The molecule has 0 spiro atoms. The van der Waals surface area contributed by atoms with Gasteiger partial charge >= 0.3 is 18.4 Å². The Kier molecular flexibility index (Phi) is 9.58. The van der Waals surface area contributed by atoms with Crippen LogP contribution >= 0.6 is 0 Å². The summed E-state index contributed by atoms with van der Waals surface area (Å²) in [5.74, 6) is -1.26. The highest BCUT2D eigenvalue weighted by Crippen LogP contribution is 2.30. The first kappa shape index (κ1) is 26.8. The fourth-order valence-electron chi connectivity index (χ4n) is 2.98. The van der Waals surface area contributed by atoms with Crippen LogP contribution in [0.5, 0.6) is 11.5 Å². The zero-order valence-electron chi connectivity index (χ0n) is 19.3. The number of carboxylic acids is 1. The number of carbonyl (C=O) groups is 2. The van der Waals surface area contributed by atoms with E-state index in [-0.39, 0.29) is 18.8 Å². The summed E-state index contributed by atoms with van der Waals surface area (Å²) in [6, 6.07) is 11.4. The summed E-state index contributed by atoms with van der Waals surface area (Å²) in [7, 11) is 0. The monoisotopic (exact) mass is 482 g/mol. The van der Waals surface area contributed by atoms with E-state index in [1.165, 1.54) is 23.1 Å². The Morgan fingerprint density at radius 1 is 1.03 bits per heavy atom. The summed E-state index contributed by atoms with van der Waals surface area (Å²) < 4.78 is 47.7. The maximum Gasteiger partial charge on any atom is 0.573 e. The van der Waals surface area contributed by atoms with E-state index in [0.29, 0.717) is 30.2 Å². The fourth-order valence-corrected chi connectivity index (χ4v) is 2.98. The lowest BCUT2D eigenvalue weighted by Gasteiger charge is -2.25. The summed E-state index contributed by atoms with van der Waals surface area (Å²) in [6.07, 6.45) is -4.19. The summed E-state index contributed by atoms with van der Waals surface area (Å²) in [4.78, 5) is 25.4. The number of halogens is 3. The van der Waals surface area contributed by atoms with Crippen LogP contribution in [0.15, 0.2) is 48.5 Å². The topological polar surface area (TPSA) is 88.1 Å². The van der Waals surface area contributed by atoms with Crippen LogP contribution in [0.1, 0.15) is 38.7 Å². The lowest BCUT2D eigenvalue weighted by atomic mass is 10.0. The Morgan fingerprint density at radius 3 is 2.26 bits per heavy atom. The van der Waals surface area contributed by atoms with Crippen LogP contribution in [0, 0.1) is 5.92 Å². The van der Waals surface area contributed by atoms with E-state index in [1.54, 1.807) is 31.2 Å². The number of anilines is 1. The third-order valence-electron chi connectivity index (χ3n) is 5.00. The third-order valence-corrected chi connectivity index (χ3v) is 5.00. The highest BCUT2D eigenvalue weighted by Gasteiger charge is 2.32. The van der Waals surface area contributed by atoms with Crippen molar-refractivity contribution in [1.29, 1.82) is 0 Å². The van der Waals surface area contributed by atoms with E-state index in [9.17, 15) is 22.8 Å². The molecule has 1 atom stereocenters. The van der Waals surface area contributed by atoms with Crippen molar-refractivity contribution >= 4 is 17.7 Å². The predicted molar refractivity (Wildman–Crippen MR) is 121 cm³/mol. The molecule has 0 heterocycles. The lowest BCUT2D eigenvalue weighted by Crippen LogP contribution is -2.39. The van der Waals surface area contributed by atoms with Gasteiger partial charge in [-0.25, -0.2) is 4.79 Å². The van der Waals surface area contributed by atoms with Crippen LogP contribution in [0.3, 0.4) is 0 Å². The van der Waals surface area contributed by atoms with Gasteiger partial charge in [0.05, 0.1) is 18.2 Å². The van der Waals surface area contributed by atoms with Crippen LogP contribution in [-0.2, 0) is 4.79 Å². The van der Waals surface area contributed by atoms with Crippen LogP contribution in [0.4, 0.5) is 23.7 Å². The van der Waals surface area contributed by atoms with Crippen molar-refractivity contribution in [3.05, 3.63) is 54.1 Å². The Balaban J connectivity index is 2.02. The first-order chi connectivity index (χ1) is 16.0. The molecule has 1 unspecified atom stereocenters. The first-order valence-electron chi connectivity index (χ1n) is 10.8. The van der Waals surface area contributed by atoms with Crippen molar-refractivity contribution in [3.8, 4) is 11.5 Å². The molecule has 0 aliphatic rings. The van der Waals surface area contributed by atoms with E-state index in [2.05, 4.69) is 10.1 Å². The summed E-state index contributed by atoms with van der Waals surface area (Å²) >= 11 is 0. The average molecular weight is 482 g/mol. The molecule has 2 amide bonds. The number of amides is 2. The molecule has 0 fully saturated rings. The quantitative estimate of drug-likeness (QED) is 0.427. The minimum Gasteiger partial charge on any atom is -0.492 e. The number of para-hydroxylation sites is 2. The zero-order chi connectivity index (χ0) is 25.3. The van der Waals surface area contributed by atoms with Crippen LogP contribution in [0.25, 0.3) is 0 Å². The van der Waals surface area contributed by atoms with Crippen molar-refractivity contribution in [3.63, 3.8) is 0 Å². The number of nitrogens with one attached hydrogen (secondary N) is 1. The van der Waals surface area contributed by atoms with Gasteiger partial charge in [-0.1, -0.05) is 38.1 Å². The number of nitrogens with zero attached hydrogens (tertiary/aromatic N) is 1. The molecule has 0 radical (unpaired) electrons. The third kappa shape index (κ3) is 8.84. The van der Waals surface area contributed by atoms with Crippen LogP contribution < -0.4 is 14.8 Å². The molecule has 0 aromatic heterocycles. The minimum absolute atomic E-state index is 0.0940. The Hall–Kier alpha value is -3.43. The summed E-state index contributed by atoms with van der Waals surface area (Å²) in [5.41, 5.74) is 0.543. The van der Waals surface area contributed by atoms with E-state index < -0.39 is 30.0 Å². The normalized spacial score (nSPS) is 12.2. The average Bonchev–Trinajstić information content (AvgIpc) is 2.76. The van der Waals surface area contributed by atoms with Crippen molar-refractivity contribution in [1.82, 2.24) is 4.90 Å². The second-order valence-electron chi connectivity index (χ2n) is 8.12. The van der Waals surface area contributed by atoms with Gasteiger partial charge in [0.2, 0.25) is 0 Å². The maximum absolute atomic E-state index is 12.8. The molecule has 0 saturated heterocycles. The number of urea groups is 1. The number of benzene rings is 2. The van der Waals surface area contributed by atoms with Crippen molar-refractivity contribution in [2.75, 3.05) is 25.0 Å². The minimum atomic E-state index is -4.89. The van der Waals surface area contributed by atoms with E-state index in [1.807, 2.05) is 13.8 Å². The molecule has 2 rings (SSSR count). The van der Waals surface area contributed by atoms with Crippen molar-refractivity contribution < 1.29 is 37.3 Å². The van der Waals surface area contributed by atoms with Gasteiger partial charge in [-0.3, -0.25) is 4.79 Å². The second-order valence-corrected chi connectivity index (χ2v) is 8.12. The summed E-state index contributed by atoms with van der Waals surface area (Å²) in [6.45, 7) is 6.29. The second kappa shape index (κ2) is 12.2. The number of aliphatic carboxylic acids is 1. The van der Waals surface area contributed by atoms with Gasteiger partial charge in [0.1, 0.15) is 12.4 Å². The maximum atomic E-state index is 12.8. The molecule has 7 nitrogen and oxygen atoms in total. The number of ether oxygens (including phenoxy) is 2. The molecule has 186 valence electrons. The number of alkyl halides is 3.